The van der Waals surface area contributed by atoms with E-state index in [1.165, 1.54) is 6.92 Å². The Morgan fingerprint density at radius 3 is 2.36 bits per heavy atom. The lowest BCUT2D eigenvalue weighted by atomic mass is 9.80. The summed E-state index contributed by atoms with van der Waals surface area (Å²) in [7, 11) is 0. The van der Waals surface area contributed by atoms with Crippen LogP contribution in [0.3, 0.4) is 0 Å². The monoisotopic (exact) mass is 516 g/mol. The van der Waals surface area contributed by atoms with Crippen molar-refractivity contribution in [1.29, 1.82) is 0 Å². The van der Waals surface area contributed by atoms with Crippen LogP contribution in [0.4, 0.5) is 8.78 Å². The van der Waals surface area contributed by atoms with Gasteiger partial charge in [-0.1, -0.05) is 43.5 Å². The van der Waals surface area contributed by atoms with Crippen LogP contribution in [0.2, 0.25) is 5.02 Å². The van der Waals surface area contributed by atoms with Gasteiger partial charge in [0.15, 0.2) is 0 Å². The van der Waals surface area contributed by atoms with Gasteiger partial charge in [0.2, 0.25) is 11.8 Å². The van der Waals surface area contributed by atoms with Crippen molar-refractivity contribution < 1.29 is 18.4 Å². The van der Waals surface area contributed by atoms with E-state index >= 15 is 0 Å². The molecule has 0 aromatic heterocycles. The minimum Gasteiger partial charge on any atom is -0.344 e. The van der Waals surface area contributed by atoms with Crippen molar-refractivity contribution in [3.8, 4) is 0 Å². The van der Waals surface area contributed by atoms with Crippen molar-refractivity contribution in [3.05, 3.63) is 82.1 Å². The molecule has 0 bridgehead atoms. The average molecular weight is 517 g/mol. The Morgan fingerprint density at radius 1 is 1.11 bits per heavy atom. The smallest absolute Gasteiger partial charge is 0.247 e. The summed E-state index contributed by atoms with van der Waals surface area (Å²) in [5, 5.41) is 10.4. The van der Waals surface area contributed by atoms with Gasteiger partial charge in [-0.2, -0.15) is 5.10 Å². The number of nitrogens with zero attached hydrogens (tertiary/aromatic N) is 1. The highest BCUT2D eigenvalue weighted by Crippen LogP contribution is 2.39. The fourth-order valence-corrected chi connectivity index (χ4v) is 4.46. The Morgan fingerprint density at radius 2 is 1.75 bits per heavy atom. The summed E-state index contributed by atoms with van der Waals surface area (Å²) in [6.45, 7) is 3.45. The molecule has 36 heavy (non-hydrogen) atoms. The molecule has 9 heteroatoms. The fraction of sp³-hybridized carbons (Fsp3) is 0.370. The van der Waals surface area contributed by atoms with Crippen LogP contribution in [0, 0.1) is 11.6 Å². The van der Waals surface area contributed by atoms with Gasteiger partial charge in [0.05, 0.1) is 6.42 Å². The highest BCUT2D eigenvalue weighted by atomic mass is 35.5. The topological polar surface area (TPSA) is 82.6 Å². The Kier molecular flexibility index (Phi) is 9.58. The van der Waals surface area contributed by atoms with Crippen molar-refractivity contribution in [1.82, 2.24) is 16.1 Å². The van der Waals surface area contributed by atoms with Gasteiger partial charge in [-0.25, -0.2) is 8.78 Å². The summed E-state index contributed by atoms with van der Waals surface area (Å²) in [5.74, 6) is -2.11. The predicted octanol–water partition coefficient (Wildman–Crippen LogP) is 5.12. The van der Waals surface area contributed by atoms with Gasteiger partial charge in [0, 0.05) is 22.7 Å². The lowest BCUT2D eigenvalue weighted by Gasteiger charge is -2.25. The minimum atomic E-state index is -0.878. The van der Waals surface area contributed by atoms with Crippen LogP contribution < -0.4 is 16.1 Å². The number of nitrogens with one attached hydrogen (secondary N) is 3. The quantitative estimate of drug-likeness (QED) is 0.303. The molecule has 0 unspecified atom stereocenters. The molecule has 6 nitrogen and oxygen atoms in total. The van der Waals surface area contributed by atoms with E-state index in [4.69, 9.17) is 11.6 Å². The summed E-state index contributed by atoms with van der Waals surface area (Å²) in [4.78, 5) is 24.9. The second kappa shape index (κ2) is 12.6. The number of hydrazone groups is 1. The molecule has 1 fully saturated rings. The molecule has 1 saturated carbocycles. The second-order valence-corrected chi connectivity index (χ2v) is 9.44. The molecule has 3 N–H and O–H groups in total. The maximum Gasteiger partial charge on any atom is 0.247 e. The van der Waals surface area contributed by atoms with Crippen molar-refractivity contribution >= 4 is 29.6 Å². The third-order valence-electron chi connectivity index (χ3n) is 6.14. The number of amides is 2. The van der Waals surface area contributed by atoms with Crippen LogP contribution in [-0.2, 0) is 21.4 Å². The maximum atomic E-state index is 13.4. The first-order valence-electron chi connectivity index (χ1n) is 12.0. The number of carbonyl (C=O) groups excluding carboxylic acids is 2. The molecule has 2 amide bonds. The van der Waals surface area contributed by atoms with Gasteiger partial charge < -0.3 is 10.6 Å². The van der Waals surface area contributed by atoms with E-state index in [1.807, 2.05) is 37.4 Å². The van der Waals surface area contributed by atoms with Crippen LogP contribution >= 0.6 is 11.6 Å². The molecule has 0 aliphatic heterocycles. The van der Waals surface area contributed by atoms with Crippen LogP contribution in [0.25, 0.3) is 0 Å². The van der Waals surface area contributed by atoms with Crippen molar-refractivity contribution in [2.45, 2.75) is 63.8 Å². The molecular formula is C27H31ClF2N4O2. The first-order valence-corrected chi connectivity index (χ1v) is 12.4. The lowest BCUT2D eigenvalue weighted by molar-refractivity contribution is -0.127. The number of benzene rings is 2. The molecule has 0 spiro atoms. The number of halogens is 3. The number of hydrogen-bond acceptors (Lipinski definition) is 4. The average Bonchev–Trinajstić information content (AvgIpc) is 3.28. The highest BCUT2D eigenvalue weighted by molar-refractivity contribution is 6.30. The molecular weight excluding hydrogens is 486 g/mol. The summed E-state index contributed by atoms with van der Waals surface area (Å²) >= 11 is 6.05. The van der Waals surface area contributed by atoms with Crippen LogP contribution in [0.15, 0.2) is 59.5 Å². The minimum absolute atomic E-state index is 0.182. The van der Waals surface area contributed by atoms with Gasteiger partial charge in [-0.3, -0.25) is 15.0 Å². The summed E-state index contributed by atoms with van der Waals surface area (Å²) in [6, 6.07) is 9.81. The third kappa shape index (κ3) is 7.62. The van der Waals surface area contributed by atoms with E-state index in [-0.39, 0.29) is 17.4 Å². The van der Waals surface area contributed by atoms with E-state index < -0.39 is 29.5 Å². The molecule has 0 heterocycles. The van der Waals surface area contributed by atoms with Gasteiger partial charge in [0.1, 0.15) is 23.5 Å². The predicted molar refractivity (Wildman–Crippen MR) is 137 cm³/mol. The zero-order valence-corrected chi connectivity index (χ0v) is 21.2. The largest absolute Gasteiger partial charge is 0.344 e. The Bertz CT molecular complexity index is 1110. The first kappa shape index (κ1) is 27.3. The molecule has 192 valence electrons. The zero-order chi connectivity index (χ0) is 26.1. The second-order valence-electron chi connectivity index (χ2n) is 9.00. The van der Waals surface area contributed by atoms with Crippen molar-refractivity contribution in [2.75, 3.05) is 0 Å². The van der Waals surface area contributed by atoms with Gasteiger partial charge >= 0.3 is 0 Å². The SMILES string of the molecule is CC/C=C(\N/N=C/C1(c2ccc(Cl)cc2)CCCC1)NC(=O)[C@H](C)NC(=O)Cc1cc(F)cc(F)c1. The van der Waals surface area contributed by atoms with Crippen molar-refractivity contribution in [3.63, 3.8) is 0 Å². The molecule has 0 saturated heterocycles. The van der Waals surface area contributed by atoms with E-state index in [0.717, 1.165) is 49.4 Å². The fourth-order valence-electron chi connectivity index (χ4n) is 4.33. The zero-order valence-electron chi connectivity index (χ0n) is 20.4. The van der Waals surface area contributed by atoms with E-state index in [0.29, 0.717) is 17.3 Å². The Balaban J connectivity index is 1.59. The summed E-state index contributed by atoms with van der Waals surface area (Å²) in [5.41, 5.74) is 4.05. The number of hydrogen-bond donors (Lipinski definition) is 3. The summed E-state index contributed by atoms with van der Waals surface area (Å²) < 4.78 is 26.7. The van der Waals surface area contributed by atoms with Gasteiger partial charge in [-0.15, -0.1) is 0 Å². The van der Waals surface area contributed by atoms with Crippen LogP contribution in [0.5, 0.6) is 0 Å². The van der Waals surface area contributed by atoms with E-state index in [1.54, 1.807) is 6.08 Å². The van der Waals surface area contributed by atoms with Crippen LogP contribution in [0.1, 0.15) is 57.1 Å². The normalized spacial score (nSPS) is 16.1. The maximum absolute atomic E-state index is 13.4. The van der Waals surface area contributed by atoms with Gasteiger partial charge in [0.25, 0.3) is 0 Å². The van der Waals surface area contributed by atoms with E-state index in [9.17, 15) is 18.4 Å². The van der Waals surface area contributed by atoms with E-state index in [2.05, 4.69) is 21.2 Å². The molecule has 0 radical (unpaired) electrons. The molecule has 1 aliphatic rings. The number of rotatable bonds is 10. The molecule has 3 rings (SSSR count). The van der Waals surface area contributed by atoms with Gasteiger partial charge in [-0.05, 0) is 67.7 Å². The Hall–Kier alpha value is -3.26. The lowest BCUT2D eigenvalue weighted by Crippen LogP contribution is -2.46. The highest BCUT2D eigenvalue weighted by Gasteiger charge is 2.34. The first-order chi connectivity index (χ1) is 17.2. The summed E-state index contributed by atoms with van der Waals surface area (Å²) in [6.07, 6.45) is 8.20. The molecule has 1 atom stereocenters. The molecule has 2 aromatic carbocycles. The number of carbonyl (C=O) groups is 2. The molecule has 1 aliphatic carbocycles. The third-order valence-corrected chi connectivity index (χ3v) is 6.39. The number of allylic oxidation sites excluding steroid dienone is 1. The molecule has 2 aromatic rings. The standard InChI is InChI=1S/C27H31ClF2N4O2/c1-3-6-24(34-31-17-27(11-4-5-12-27)20-7-9-21(28)10-8-20)33-26(36)18(2)32-25(35)15-19-13-22(29)16-23(30)14-19/h6-10,13-14,16-18,34H,3-5,11-12,15H2,1-2H3,(H,32,35)(H,33,36)/b24-6-,31-17+/t18-/m0/s1. The van der Waals surface area contributed by atoms with Crippen molar-refractivity contribution in [2.24, 2.45) is 5.10 Å². The Labute approximate surface area is 215 Å². The van der Waals surface area contributed by atoms with Crippen LogP contribution in [-0.4, -0.2) is 24.1 Å².